The smallest absolute Gasteiger partial charge is 0.161 e. The van der Waals surface area contributed by atoms with Crippen molar-refractivity contribution in [2.24, 2.45) is 0 Å². The van der Waals surface area contributed by atoms with E-state index in [1.807, 2.05) is 109 Å². The molecule has 0 aliphatic carbocycles. The normalized spacial score (nSPS) is 12.5. The van der Waals surface area contributed by atoms with Crippen LogP contribution < -0.4 is 14.2 Å². The van der Waals surface area contributed by atoms with Crippen LogP contribution in [-0.4, -0.2) is 39.6 Å². The molecule has 2 atom stereocenters. The average Bonchev–Trinajstić information content (AvgIpc) is 3.00. The highest BCUT2D eigenvalue weighted by Gasteiger charge is 2.27. The number of hydrogen-bond donors (Lipinski definition) is 0. The van der Waals surface area contributed by atoms with Gasteiger partial charge in [0.2, 0.25) is 0 Å². The van der Waals surface area contributed by atoms with Crippen LogP contribution in [0.4, 0.5) is 0 Å². The van der Waals surface area contributed by atoms with Gasteiger partial charge in [-0.05, 0) is 41.0 Å². The van der Waals surface area contributed by atoms with Gasteiger partial charge in [-0.2, -0.15) is 0 Å². The molecule has 0 N–H and O–H groups in total. The van der Waals surface area contributed by atoms with Crippen LogP contribution in [0.15, 0.2) is 109 Å². The summed E-state index contributed by atoms with van der Waals surface area (Å²) in [5, 5.41) is 0. The van der Waals surface area contributed by atoms with E-state index in [-0.39, 0.29) is 0 Å². The van der Waals surface area contributed by atoms with Crippen LogP contribution in [-0.2, 0) is 34.0 Å². The number of ether oxygens (including phenoxy) is 6. The van der Waals surface area contributed by atoms with Crippen molar-refractivity contribution in [3.05, 3.63) is 126 Å². The molecule has 0 radical (unpaired) electrons. The van der Waals surface area contributed by atoms with Crippen molar-refractivity contribution < 1.29 is 28.4 Å². The zero-order valence-corrected chi connectivity index (χ0v) is 22.5. The fourth-order valence-electron chi connectivity index (χ4n) is 4.02. The number of hydrogen-bond acceptors (Lipinski definition) is 6. The van der Waals surface area contributed by atoms with Gasteiger partial charge in [0.1, 0.15) is 11.9 Å². The summed E-state index contributed by atoms with van der Waals surface area (Å²) in [4.78, 5) is 0. The van der Waals surface area contributed by atoms with Crippen molar-refractivity contribution in [1.29, 1.82) is 0 Å². The molecule has 0 aliphatic rings. The zero-order chi connectivity index (χ0) is 27.1. The minimum absolute atomic E-state index is 0.301. The van der Waals surface area contributed by atoms with Gasteiger partial charge in [0.25, 0.3) is 0 Å². The predicted octanol–water partition coefficient (Wildman–Crippen LogP) is 6.47. The molecule has 0 saturated heterocycles. The summed E-state index contributed by atoms with van der Waals surface area (Å²) >= 11 is 0. The monoisotopic (exact) mass is 528 g/mol. The molecule has 0 spiro atoms. The van der Waals surface area contributed by atoms with Crippen LogP contribution in [0, 0.1) is 0 Å². The molecule has 204 valence electrons. The summed E-state index contributed by atoms with van der Waals surface area (Å²) in [6.07, 6.45) is -0.879. The Morgan fingerprint density at radius 2 is 1.00 bits per heavy atom. The Morgan fingerprint density at radius 1 is 0.487 bits per heavy atom. The van der Waals surface area contributed by atoms with E-state index in [9.17, 15) is 0 Å². The van der Waals surface area contributed by atoms with Crippen molar-refractivity contribution in [3.63, 3.8) is 0 Å². The molecule has 0 heterocycles. The topological polar surface area (TPSA) is 55.4 Å². The Morgan fingerprint density at radius 3 is 1.56 bits per heavy atom. The Balaban J connectivity index is 1.51. The molecule has 4 aromatic rings. The quantitative estimate of drug-likeness (QED) is 0.166. The Hall–Kier alpha value is -3.84. The standard InChI is InChI=1S/C33H36O6/c1-34-29-19-17-28(18-20-29)23-38-32(24-36-21-26-11-5-3-6-12-26)33(25-37-22-27-13-7-4-8-14-27)39-31-16-10-9-15-30(31)35-2/h3-20,32-33H,21-25H2,1-2H3/t32-,33+/m0/s1. The molecule has 6 nitrogen and oxygen atoms in total. The zero-order valence-electron chi connectivity index (χ0n) is 22.5. The lowest BCUT2D eigenvalue weighted by Gasteiger charge is -2.29. The molecule has 4 rings (SSSR count). The summed E-state index contributed by atoms with van der Waals surface area (Å²) in [6, 6.07) is 35.5. The van der Waals surface area contributed by atoms with Crippen molar-refractivity contribution >= 4 is 0 Å². The van der Waals surface area contributed by atoms with Crippen molar-refractivity contribution in [2.75, 3.05) is 27.4 Å². The third-order valence-electron chi connectivity index (χ3n) is 6.17. The highest BCUT2D eigenvalue weighted by molar-refractivity contribution is 5.39. The molecule has 4 aromatic carbocycles. The van der Waals surface area contributed by atoms with E-state index in [0.29, 0.717) is 44.5 Å². The van der Waals surface area contributed by atoms with Gasteiger partial charge >= 0.3 is 0 Å². The Labute approximate surface area is 231 Å². The maximum atomic E-state index is 6.49. The third-order valence-corrected chi connectivity index (χ3v) is 6.17. The van der Waals surface area contributed by atoms with E-state index in [1.54, 1.807) is 14.2 Å². The van der Waals surface area contributed by atoms with Gasteiger partial charge in [-0.1, -0.05) is 84.9 Å². The van der Waals surface area contributed by atoms with Gasteiger partial charge in [-0.15, -0.1) is 0 Å². The largest absolute Gasteiger partial charge is 0.497 e. The summed E-state index contributed by atoms with van der Waals surface area (Å²) in [6.45, 7) is 1.93. The second-order valence-corrected chi connectivity index (χ2v) is 9.01. The first-order valence-corrected chi connectivity index (χ1v) is 13.0. The van der Waals surface area contributed by atoms with E-state index in [1.165, 1.54) is 0 Å². The Bertz CT molecular complexity index is 1210. The second-order valence-electron chi connectivity index (χ2n) is 9.01. The van der Waals surface area contributed by atoms with E-state index in [4.69, 9.17) is 28.4 Å². The summed E-state index contributed by atoms with van der Waals surface area (Å²) < 4.78 is 36.0. The SMILES string of the molecule is COc1ccc(CO[C@@H](COCc2ccccc2)[C@@H](COCc2ccccc2)Oc2ccccc2OC)cc1. The van der Waals surface area contributed by atoms with E-state index >= 15 is 0 Å². The lowest BCUT2D eigenvalue weighted by atomic mass is 10.2. The van der Waals surface area contributed by atoms with Crippen molar-refractivity contribution in [1.82, 2.24) is 0 Å². The maximum Gasteiger partial charge on any atom is 0.161 e. The van der Waals surface area contributed by atoms with E-state index in [0.717, 1.165) is 22.4 Å². The number of benzene rings is 4. The molecule has 0 unspecified atom stereocenters. The van der Waals surface area contributed by atoms with Gasteiger partial charge in [-0.25, -0.2) is 0 Å². The number of para-hydroxylation sites is 2. The Kier molecular flexibility index (Phi) is 11.2. The highest BCUT2D eigenvalue weighted by atomic mass is 16.6. The highest BCUT2D eigenvalue weighted by Crippen LogP contribution is 2.28. The molecular formula is C33H36O6. The minimum Gasteiger partial charge on any atom is -0.497 e. The summed E-state index contributed by atoms with van der Waals surface area (Å²) in [5.41, 5.74) is 3.20. The fourth-order valence-corrected chi connectivity index (χ4v) is 4.02. The first-order valence-electron chi connectivity index (χ1n) is 13.0. The van der Waals surface area contributed by atoms with Crippen LogP contribution in [0.25, 0.3) is 0 Å². The number of methoxy groups -OCH3 is 2. The van der Waals surface area contributed by atoms with Crippen molar-refractivity contribution in [2.45, 2.75) is 32.0 Å². The van der Waals surface area contributed by atoms with E-state index in [2.05, 4.69) is 0 Å². The molecule has 0 fully saturated rings. The minimum atomic E-state index is -0.459. The summed E-state index contributed by atoms with van der Waals surface area (Å²) in [7, 11) is 3.28. The molecule has 0 saturated carbocycles. The van der Waals surface area contributed by atoms with Gasteiger partial charge in [0.05, 0.1) is 47.3 Å². The first kappa shape index (κ1) is 28.2. The van der Waals surface area contributed by atoms with E-state index < -0.39 is 12.2 Å². The molecular weight excluding hydrogens is 492 g/mol. The molecule has 0 bridgehead atoms. The molecule has 0 amide bonds. The van der Waals surface area contributed by atoms with Gasteiger partial charge in [0, 0.05) is 0 Å². The van der Waals surface area contributed by atoms with Crippen LogP contribution in [0.2, 0.25) is 0 Å². The van der Waals surface area contributed by atoms with Gasteiger partial charge < -0.3 is 28.4 Å². The van der Waals surface area contributed by atoms with Crippen LogP contribution in [0.1, 0.15) is 16.7 Å². The average molecular weight is 529 g/mol. The first-order chi connectivity index (χ1) is 19.2. The lowest BCUT2D eigenvalue weighted by molar-refractivity contribution is -0.103. The van der Waals surface area contributed by atoms with Crippen LogP contribution in [0.3, 0.4) is 0 Å². The maximum absolute atomic E-state index is 6.49. The van der Waals surface area contributed by atoms with Crippen LogP contribution in [0.5, 0.6) is 17.2 Å². The summed E-state index contributed by atoms with van der Waals surface area (Å²) in [5.74, 6) is 2.06. The van der Waals surface area contributed by atoms with Crippen molar-refractivity contribution in [3.8, 4) is 17.2 Å². The fraction of sp³-hybridized carbons (Fsp3) is 0.273. The van der Waals surface area contributed by atoms with Gasteiger partial charge in [0.15, 0.2) is 17.6 Å². The molecule has 0 aromatic heterocycles. The predicted molar refractivity (Wildman–Crippen MR) is 151 cm³/mol. The second kappa shape index (κ2) is 15.5. The lowest BCUT2D eigenvalue weighted by Crippen LogP contribution is -2.41. The molecule has 39 heavy (non-hydrogen) atoms. The molecule has 0 aliphatic heterocycles. The third kappa shape index (κ3) is 9.14. The number of rotatable bonds is 16. The molecule has 6 heteroatoms. The van der Waals surface area contributed by atoms with Gasteiger partial charge in [-0.3, -0.25) is 0 Å². The van der Waals surface area contributed by atoms with Crippen LogP contribution >= 0.6 is 0 Å².